The van der Waals surface area contributed by atoms with Crippen LogP contribution in [-0.4, -0.2) is 29.9 Å². The minimum absolute atomic E-state index is 0.179. The number of para-hydroxylation sites is 2. The number of likely N-dealkylation sites (tertiary alicyclic amines) is 1. The van der Waals surface area contributed by atoms with Crippen molar-refractivity contribution in [2.24, 2.45) is 4.99 Å². The van der Waals surface area contributed by atoms with Crippen molar-refractivity contribution in [1.29, 1.82) is 0 Å². The first kappa shape index (κ1) is 21.3. The topological polar surface area (TPSA) is 45.1 Å². The van der Waals surface area contributed by atoms with E-state index in [9.17, 15) is 4.79 Å². The molecule has 2 aliphatic heterocycles. The molecule has 2 heterocycles. The van der Waals surface area contributed by atoms with Crippen LogP contribution in [0.3, 0.4) is 0 Å². The van der Waals surface area contributed by atoms with Gasteiger partial charge in [-0.2, -0.15) is 0 Å². The van der Waals surface area contributed by atoms with E-state index in [0.717, 1.165) is 54.4 Å². The quantitative estimate of drug-likeness (QED) is 0.468. The van der Waals surface area contributed by atoms with Gasteiger partial charge in [0, 0.05) is 24.3 Å². The minimum atomic E-state index is -0.209. The van der Waals surface area contributed by atoms with Gasteiger partial charge in [0.15, 0.2) is 0 Å². The molecule has 168 valence electrons. The van der Waals surface area contributed by atoms with Crippen molar-refractivity contribution in [3.63, 3.8) is 0 Å². The van der Waals surface area contributed by atoms with E-state index in [1.165, 1.54) is 6.42 Å². The van der Waals surface area contributed by atoms with Crippen LogP contribution in [0.4, 0.5) is 11.4 Å². The maximum absolute atomic E-state index is 13.1. The van der Waals surface area contributed by atoms with Crippen LogP contribution < -0.4 is 4.90 Å². The van der Waals surface area contributed by atoms with Crippen molar-refractivity contribution < 1.29 is 9.53 Å². The minimum Gasteiger partial charge on any atom is -0.461 e. The van der Waals surface area contributed by atoms with Gasteiger partial charge in [0.05, 0.1) is 18.2 Å². The Morgan fingerprint density at radius 2 is 1.52 bits per heavy atom. The Morgan fingerprint density at radius 3 is 2.27 bits per heavy atom. The second kappa shape index (κ2) is 9.90. The highest BCUT2D eigenvalue weighted by Crippen LogP contribution is 2.40. The van der Waals surface area contributed by atoms with Gasteiger partial charge in [0.1, 0.15) is 6.61 Å². The average molecular weight is 440 g/mol. The van der Waals surface area contributed by atoms with Crippen LogP contribution in [0.15, 0.2) is 89.9 Å². The molecule has 3 aromatic carbocycles. The lowest BCUT2D eigenvalue weighted by Gasteiger charge is -2.43. The molecule has 0 radical (unpaired) electrons. The van der Waals surface area contributed by atoms with Gasteiger partial charge in [-0.1, -0.05) is 66.7 Å². The van der Waals surface area contributed by atoms with Crippen LogP contribution >= 0.6 is 0 Å². The Morgan fingerprint density at radius 1 is 0.848 bits per heavy atom. The number of benzene rings is 3. The molecule has 0 spiro atoms. The van der Waals surface area contributed by atoms with Crippen LogP contribution in [0.2, 0.25) is 0 Å². The molecule has 5 rings (SSSR count). The predicted octanol–water partition coefficient (Wildman–Crippen LogP) is 5.85. The summed E-state index contributed by atoms with van der Waals surface area (Å²) in [6.45, 7) is 2.25. The van der Waals surface area contributed by atoms with Gasteiger partial charge < -0.3 is 14.5 Å². The number of ether oxygens (including phenoxy) is 1. The lowest BCUT2D eigenvalue weighted by Crippen LogP contribution is -2.50. The van der Waals surface area contributed by atoms with Gasteiger partial charge in [-0.25, -0.2) is 4.99 Å². The number of carbonyl (C=O) groups excluding carboxylic acids is 1. The lowest BCUT2D eigenvalue weighted by atomic mass is 9.97. The van der Waals surface area contributed by atoms with Crippen LogP contribution in [-0.2, 0) is 16.1 Å². The molecule has 1 atom stereocenters. The third-order valence-electron chi connectivity index (χ3n) is 6.32. The van der Waals surface area contributed by atoms with Crippen molar-refractivity contribution in [3.05, 3.63) is 96.1 Å². The monoisotopic (exact) mass is 439 g/mol. The van der Waals surface area contributed by atoms with Gasteiger partial charge >= 0.3 is 5.97 Å². The number of hydrogen-bond donors (Lipinski definition) is 0. The summed E-state index contributed by atoms with van der Waals surface area (Å²) in [5, 5.41) is 0. The van der Waals surface area contributed by atoms with E-state index >= 15 is 0 Å². The Labute approximate surface area is 195 Å². The molecular weight excluding hydrogens is 410 g/mol. The maximum Gasteiger partial charge on any atom is 0.308 e. The fraction of sp³-hybridized carbons (Fsp3) is 0.286. The Hall–Kier alpha value is -3.60. The van der Waals surface area contributed by atoms with E-state index in [1.807, 2.05) is 66.7 Å². The first-order chi connectivity index (χ1) is 16.3. The van der Waals surface area contributed by atoms with E-state index in [1.54, 1.807) is 0 Å². The smallest absolute Gasteiger partial charge is 0.308 e. The summed E-state index contributed by atoms with van der Waals surface area (Å²) in [5.74, 6) is 0.722. The van der Waals surface area contributed by atoms with Gasteiger partial charge in [-0.05, 0) is 43.0 Å². The summed E-state index contributed by atoms with van der Waals surface area (Å²) in [7, 11) is 0. The number of anilines is 1. The normalized spacial score (nSPS) is 17.8. The van der Waals surface area contributed by atoms with Crippen LogP contribution in [0.25, 0.3) is 0 Å². The molecule has 0 bridgehead atoms. The third kappa shape index (κ3) is 4.77. The molecule has 5 nitrogen and oxygen atoms in total. The highest BCUT2D eigenvalue weighted by molar-refractivity contribution is 6.01. The fourth-order valence-corrected chi connectivity index (χ4v) is 4.67. The molecule has 1 unspecified atom stereocenters. The zero-order chi connectivity index (χ0) is 22.5. The van der Waals surface area contributed by atoms with Crippen molar-refractivity contribution >= 4 is 23.3 Å². The Balaban J connectivity index is 1.48. The third-order valence-corrected chi connectivity index (χ3v) is 6.32. The zero-order valence-corrected chi connectivity index (χ0v) is 18.8. The number of aliphatic imine (C=N–C) groups is 1. The molecule has 1 fully saturated rings. The highest BCUT2D eigenvalue weighted by Gasteiger charge is 2.35. The number of piperidine rings is 1. The molecule has 0 saturated carbocycles. The largest absolute Gasteiger partial charge is 0.461 e. The SMILES string of the molecule is O=C(CC1c2ccccc2N=C(N2CCCCC2)N1c1ccccc1)OCc1ccccc1. The number of esters is 1. The van der Waals surface area contributed by atoms with Crippen LogP contribution in [0.1, 0.15) is 42.9 Å². The van der Waals surface area contributed by atoms with E-state index in [0.29, 0.717) is 0 Å². The van der Waals surface area contributed by atoms with Crippen molar-refractivity contribution in [3.8, 4) is 0 Å². The van der Waals surface area contributed by atoms with Gasteiger partial charge in [-0.3, -0.25) is 4.79 Å². The Bertz CT molecular complexity index is 1110. The van der Waals surface area contributed by atoms with Crippen molar-refractivity contribution in [2.75, 3.05) is 18.0 Å². The number of carbonyl (C=O) groups is 1. The standard InChI is InChI=1S/C28H29N3O2/c32-27(33-21-22-12-4-1-5-13-22)20-26-24-16-8-9-17-25(24)29-28(30-18-10-3-11-19-30)31(26)23-14-6-2-7-15-23/h1-2,4-9,12-17,26H,3,10-11,18-21H2. The second-order valence-electron chi connectivity index (χ2n) is 8.59. The number of rotatable bonds is 5. The number of fused-ring (bicyclic) bond motifs is 1. The summed E-state index contributed by atoms with van der Waals surface area (Å²) in [5.41, 5.74) is 4.02. The molecule has 3 aromatic rings. The van der Waals surface area contributed by atoms with Gasteiger partial charge in [-0.15, -0.1) is 0 Å². The molecule has 0 aliphatic carbocycles. The molecule has 33 heavy (non-hydrogen) atoms. The summed E-state index contributed by atoms with van der Waals surface area (Å²) >= 11 is 0. The van der Waals surface area contributed by atoms with Crippen molar-refractivity contribution in [1.82, 2.24) is 4.90 Å². The van der Waals surface area contributed by atoms with Crippen LogP contribution in [0, 0.1) is 0 Å². The first-order valence-corrected chi connectivity index (χ1v) is 11.8. The molecule has 1 saturated heterocycles. The maximum atomic E-state index is 13.1. The number of hydrogen-bond acceptors (Lipinski definition) is 5. The first-order valence-electron chi connectivity index (χ1n) is 11.8. The molecule has 2 aliphatic rings. The molecule has 0 N–H and O–H groups in total. The fourth-order valence-electron chi connectivity index (χ4n) is 4.67. The lowest BCUT2D eigenvalue weighted by molar-refractivity contribution is -0.145. The average Bonchev–Trinajstić information content (AvgIpc) is 2.89. The summed E-state index contributed by atoms with van der Waals surface area (Å²) in [4.78, 5) is 22.7. The molecule has 5 heteroatoms. The van der Waals surface area contributed by atoms with E-state index in [4.69, 9.17) is 9.73 Å². The summed E-state index contributed by atoms with van der Waals surface area (Å²) < 4.78 is 5.69. The molecule has 0 aromatic heterocycles. The van der Waals surface area contributed by atoms with Crippen LogP contribution in [0.5, 0.6) is 0 Å². The number of guanidine groups is 1. The Kier molecular flexibility index (Phi) is 6.38. The van der Waals surface area contributed by atoms with E-state index < -0.39 is 0 Å². The second-order valence-corrected chi connectivity index (χ2v) is 8.59. The van der Waals surface area contributed by atoms with Gasteiger partial charge in [0.2, 0.25) is 5.96 Å². The summed E-state index contributed by atoms with van der Waals surface area (Å²) in [6, 6.07) is 28.1. The highest BCUT2D eigenvalue weighted by atomic mass is 16.5. The number of nitrogens with zero attached hydrogens (tertiary/aromatic N) is 3. The summed E-state index contributed by atoms with van der Waals surface area (Å²) in [6.07, 6.45) is 3.83. The molecular formula is C28H29N3O2. The predicted molar refractivity (Wildman–Crippen MR) is 131 cm³/mol. The zero-order valence-electron chi connectivity index (χ0n) is 18.8. The van der Waals surface area contributed by atoms with E-state index in [-0.39, 0.29) is 25.0 Å². The van der Waals surface area contributed by atoms with Gasteiger partial charge in [0.25, 0.3) is 0 Å². The van der Waals surface area contributed by atoms with E-state index in [2.05, 4.69) is 28.0 Å². The molecule has 0 amide bonds. The van der Waals surface area contributed by atoms with Crippen molar-refractivity contribution in [2.45, 2.75) is 38.3 Å².